The van der Waals surface area contributed by atoms with E-state index in [9.17, 15) is 18.0 Å². The molecule has 1 aromatic rings. The average molecular weight is 378 g/mol. The van der Waals surface area contributed by atoms with Gasteiger partial charge in [-0.2, -0.15) is 0 Å². The molecule has 0 fully saturated rings. The molecule has 0 aliphatic carbocycles. The molecule has 105 valence electrons. The molecule has 1 radical (unpaired) electrons. The van der Waals surface area contributed by atoms with E-state index in [1.54, 1.807) is 0 Å². The van der Waals surface area contributed by atoms with E-state index in [0.29, 0.717) is 0 Å². The minimum atomic E-state index is -2.70. The quantitative estimate of drug-likeness (QED) is 0.738. The van der Waals surface area contributed by atoms with Crippen molar-refractivity contribution in [2.75, 3.05) is 6.54 Å². The Hall–Kier alpha value is -0.386. The summed E-state index contributed by atoms with van der Waals surface area (Å²) in [5, 5.41) is 0.0662. The molecule has 0 bridgehead atoms. The SMILES string of the molecule is O=C1CC[C-]=C(c2c(F)cccc2Cl)N1CC(F)F.[Y]. The Balaban J connectivity index is 0.00000200. The van der Waals surface area contributed by atoms with Crippen molar-refractivity contribution in [2.24, 2.45) is 0 Å². The Morgan fingerprint density at radius 3 is 2.70 bits per heavy atom. The molecule has 2 nitrogen and oxygen atoms in total. The predicted molar refractivity (Wildman–Crippen MR) is 65.0 cm³/mol. The molecule has 1 amide bonds. The van der Waals surface area contributed by atoms with Crippen LogP contribution in [-0.2, 0) is 37.5 Å². The van der Waals surface area contributed by atoms with Gasteiger partial charge in [-0.05, 0) is 11.1 Å². The number of nitrogens with zero attached hydrogens (tertiary/aromatic N) is 1. The van der Waals surface area contributed by atoms with Crippen LogP contribution in [-0.4, -0.2) is 23.8 Å². The summed E-state index contributed by atoms with van der Waals surface area (Å²) in [6.07, 6.45) is 0.411. The van der Waals surface area contributed by atoms with Crippen LogP contribution in [0.2, 0.25) is 5.02 Å². The Bertz CT molecular complexity index is 516. The van der Waals surface area contributed by atoms with Crippen LogP contribution in [0.1, 0.15) is 18.4 Å². The zero-order valence-corrected chi connectivity index (χ0v) is 14.0. The van der Waals surface area contributed by atoms with Crippen molar-refractivity contribution < 1.29 is 50.7 Å². The molecule has 2 rings (SSSR count). The van der Waals surface area contributed by atoms with E-state index >= 15 is 0 Å². The second-order valence-electron chi connectivity index (χ2n) is 4.02. The van der Waals surface area contributed by atoms with E-state index in [1.807, 2.05) is 0 Å². The molecule has 0 N–H and O–H groups in total. The smallest absolute Gasteiger partial charge is 0.256 e. The maximum Gasteiger partial charge on any atom is 0.256 e. The van der Waals surface area contributed by atoms with Gasteiger partial charge in [-0.25, -0.2) is 19.2 Å². The first-order chi connectivity index (χ1) is 9.00. The number of carbonyl (C=O) groups excluding carboxylic acids is 1. The molecule has 0 unspecified atom stereocenters. The summed E-state index contributed by atoms with van der Waals surface area (Å²) in [6, 6.07) is 4.01. The summed E-state index contributed by atoms with van der Waals surface area (Å²) in [6.45, 7) is -0.786. The fourth-order valence-corrected chi connectivity index (χ4v) is 2.17. The molecule has 1 aromatic carbocycles. The predicted octanol–water partition coefficient (Wildman–Crippen LogP) is 3.51. The van der Waals surface area contributed by atoms with Gasteiger partial charge < -0.3 is 4.90 Å². The van der Waals surface area contributed by atoms with Crippen molar-refractivity contribution in [3.63, 3.8) is 0 Å². The number of benzene rings is 1. The maximum absolute atomic E-state index is 13.8. The second-order valence-corrected chi connectivity index (χ2v) is 4.42. The molecule has 0 aromatic heterocycles. The number of carbonyl (C=O) groups is 1. The number of alkyl halides is 2. The van der Waals surface area contributed by atoms with Crippen LogP contribution in [0.3, 0.4) is 0 Å². The van der Waals surface area contributed by atoms with Crippen LogP contribution in [0.15, 0.2) is 18.2 Å². The monoisotopic (exact) mass is 377 g/mol. The van der Waals surface area contributed by atoms with Crippen LogP contribution in [0, 0.1) is 11.9 Å². The van der Waals surface area contributed by atoms with Gasteiger partial charge in [0.05, 0.1) is 12.4 Å². The van der Waals surface area contributed by atoms with E-state index in [2.05, 4.69) is 6.08 Å². The molecule has 1 aliphatic heterocycles. The van der Waals surface area contributed by atoms with E-state index in [0.717, 1.165) is 11.0 Å². The Kier molecular flexibility index (Phi) is 6.69. The molecular weight excluding hydrogens is 368 g/mol. The molecule has 20 heavy (non-hydrogen) atoms. The molecule has 0 saturated carbocycles. The van der Waals surface area contributed by atoms with Gasteiger partial charge in [-0.15, -0.1) is 23.7 Å². The molecule has 0 saturated heterocycles. The van der Waals surface area contributed by atoms with Crippen LogP contribution in [0.25, 0.3) is 5.70 Å². The van der Waals surface area contributed by atoms with Gasteiger partial charge in [0.2, 0.25) is 5.91 Å². The summed E-state index contributed by atoms with van der Waals surface area (Å²) in [5.74, 6) is -1.14. The van der Waals surface area contributed by atoms with E-state index in [-0.39, 0.29) is 61.8 Å². The third kappa shape index (κ3) is 3.83. The van der Waals surface area contributed by atoms with Crippen LogP contribution < -0.4 is 0 Å². The molecular formula is C13H10ClF3NOY-. The summed E-state index contributed by atoms with van der Waals surface area (Å²) in [4.78, 5) is 12.5. The van der Waals surface area contributed by atoms with Gasteiger partial charge in [0, 0.05) is 39.1 Å². The van der Waals surface area contributed by atoms with Crippen LogP contribution in [0.5, 0.6) is 0 Å². The molecule has 0 spiro atoms. The summed E-state index contributed by atoms with van der Waals surface area (Å²) < 4.78 is 38.8. The largest absolute Gasteiger partial charge is 0.342 e. The van der Waals surface area contributed by atoms with Gasteiger partial charge in [-0.3, -0.25) is 4.79 Å². The molecule has 1 heterocycles. The molecule has 1 aliphatic rings. The third-order valence-corrected chi connectivity index (χ3v) is 3.04. The first-order valence-electron chi connectivity index (χ1n) is 5.64. The van der Waals surface area contributed by atoms with Crippen molar-refractivity contribution >= 4 is 23.2 Å². The summed E-state index contributed by atoms with van der Waals surface area (Å²) >= 11 is 5.89. The standard InChI is InChI=1S/C13H10ClF3NO.Y/c14-8-3-1-4-9(15)13(8)10-5-2-6-12(19)18(10)7-11(16)17;/h1,3-4,11H,2,6-7H2;/q-1;. The van der Waals surface area contributed by atoms with Gasteiger partial charge in [0.15, 0.2) is 0 Å². The number of amides is 1. The Labute approximate surface area is 144 Å². The molecule has 0 atom stereocenters. The summed E-state index contributed by atoms with van der Waals surface area (Å²) in [7, 11) is 0. The minimum Gasteiger partial charge on any atom is -0.342 e. The number of halogens is 4. The second kappa shape index (κ2) is 7.57. The zero-order valence-electron chi connectivity index (χ0n) is 10.4. The van der Waals surface area contributed by atoms with Crippen LogP contribution >= 0.6 is 11.6 Å². The number of hydrogen-bond acceptors (Lipinski definition) is 1. The number of hydrogen-bond donors (Lipinski definition) is 0. The van der Waals surface area contributed by atoms with Gasteiger partial charge >= 0.3 is 0 Å². The Morgan fingerprint density at radius 1 is 1.40 bits per heavy atom. The van der Waals surface area contributed by atoms with E-state index in [1.165, 1.54) is 12.1 Å². The van der Waals surface area contributed by atoms with Crippen molar-refractivity contribution in [3.8, 4) is 0 Å². The topological polar surface area (TPSA) is 20.3 Å². The number of allylic oxidation sites excluding steroid dienone is 1. The number of rotatable bonds is 3. The van der Waals surface area contributed by atoms with Gasteiger partial charge in [0.25, 0.3) is 6.43 Å². The molecule has 7 heteroatoms. The normalized spacial score (nSPS) is 15.2. The van der Waals surface area contributed by atoms with Gasteiger partial charge in [0.1, 0.15) is 0 Å². The average Bonchev–Trinajstić information content (AvgIpc) is 2.32. The minimum absolute atomic E-state index is 0. The van der Waals surface area contributed by atoms with Crippen molar-refractivity contribution in [1.29, 1.82) is 0 Å². The summed E-state index contributed by atoms with van der Waals surface area (Å²) in [5.41, 5.74) is -0.0579. The van der Waals surface area contributed by atoms with E-state index < -0.39 is 24.7 Å². The van der Waals surface area contributed by atoms with Crippen LogP contribution in [0.4, 0.5) is 13.2 Å². The fourth-order valence-electron chi connectivity index (χ4n) is 1.92. The van der Waals surface area contributed by atoms with Crippen molar-refractivity contribution in [2.45, 2.75) is 19.3 Å². The first-order valence-corrected chi connectivity index (χ1v) is 6.02. The maximum atomic E-state index is 13.8. The third-order valence-electron chi connectivity index (χ3n) is 2.72. The van der Waals surface area contributed by atoms with Gasteiger partial charge in [-0.1, -0.05) is 17.7 Å². The van der Waals surface area contributed by atoms with E-state index in [4.69, 9.17) is 11.6 Å². The fraction of sp³-hybridized carbons (Fsp3) is 0.308. The first kappa shape index (κ1) is 17.7. The zero-order chi connectivity index (χ0) is 14.0. The van der Waals surface area contributed by atoms with Crippen molar-refractivity contribution in [1.82, 2.24) is 4.90 Å². The van der Waals surface area contributed by atoms with Crippen molar-refractivity contribution in [3.05, 3.63) is 40.7 Å². The Morgan fingerprint density at radius 2 is 2.10 bits per heavy atom.